The summed E-state index contributed by atoms with van der Waals surface area (Å²) in [4.78, 5) is 28.7. The van der Waals surface area contributed by atoms with E-state index >= 15 is 0 Å². The highest BCUT2D eigenvalue weighted by Gasteiger charge is 2.18. The zero-order valence-electron chi connectivity index (χ0n) is 18.5. The van der Waals surface area contributed by atoms with E-state index in [2.05, 4.69) is 69.0 Å². The number of rotatable bonds is 10. The molecule has 1 heterocycles. The number of carbonyl (C=O) groups excluding carboxylic acids is 2. The highest BCUT2D eigenvalue weighted by molar-refractivity contribution is 5.83. The quantitative estimate of drug-likeness (QED) is 0.618. The molecular weight excluding hydrogens is 388 g/mol. The molecule has 166 valence electrons. The highest BCUT2D eigenvalue weighted by Crippen LogP contribution is 2.18. The number of hydrogen-bond donors (Lipinski definition) is 2. The maximum Gasteiger partial charge on any atom is 0.220 e. The van der Waals surface area contributed by atoms with Crippen LogP contribution in [0.2, 0.25) is 0 Å². The molecule has 2 N–H and O–H groups in total. The summed E-state index contributed by atoms with van der Waals surface area (Å²) < 4.78 is 0. The van der Waals surface area contributed by atoms with Crippen LogP contribution in [-0.4, -0.2) is 49.4 Å². The minimum absolute atomic E-state index is 0.0629. The lowest BCUT2D eigenvalue weighted by Gasteiger charge is -2.36. The molecule has 0 aromatic heterocycles. The van der Waals surface area contributed by atoms with Crippen molar-refractivity contribution < 1.29 is 9.59 Å². The number of hydrogen-bond acceptors (Lipinski definition) is 4. The van der Waals surface area contributed by atoms with Crippen LogP contribution in [0.5, 0.6) is 0 Å². The number of anilines is 1. The van der Waals surface area contributed by atoms with E-state index in [4.69, 9.17) is 0 Å². The molecule has 1 fully saturated rings. The topological polar surface area (TPSA) is 64.7 Å². The Balaban J connectivity index is 1.45. The van der Waals surface area contributed by atoms with Crippen LogP contribution in [0.15, 0.2) is 54.6 Å². The summed E-state index contributed by atoms with van der Waals surface area (Å²) in [7, 11) is 0. The molecule has 0 saturated carbocycles. The van der Waals surface area contributed by atoms with Crippen molar-refractivity contribution in [3.8, 4) is 0 Å². The second-order valence-electron chi connectivity index (χ2n) is 7.99. The minimum atomic E-state index is -0.0853. The molecule has 0 aliphatic carbocycles. The van der Waals surface area contributed by atoms with Crippen molar-refractivity contribution >= 4 is 17.5 Å². The molecule has 2 aromatic rings. The SMILES string of the molecule is CCCNC(=O)CCC(=O)NCc1ccccc1CN1CCN(c2ccccc2)CC1. The van der Waals surface area contributed by atoms with E-state index in [9.17, 15) is 9.59 Å². The number of nitrogens with one attached hydrogen (secondary N) is 2. The Morgan fingerprint density at radius 3 is 2.10 bits per heavy atom. The normalized spacial score (nSPS) is 14.3. The van der Waals surface area contributed by atoms with E-state index in [0.717, 1.165) is 44.7 Å². The summed E-state index contributed by atoms with van der Waals surface area (Å²) >= 11 is 0. The number of piperazine rings is 1. The van der Waals surface area contributed by atoms with Crippen molar-refractivity contribution in [2.75, 3.05) is 37.6 Å². The Labute approximate surface area is 185 Å². The van der Waals surface area contributed by atoms with Gasteiger partial charge in [0.2, 0.25) is 11.8 Å². The fourth-order valence-corrected chi connectivity index (χ4v) is 3.79. The Kier molecular flexibility index (Phi) is 8.91. The van der Waals surface area contributed by atoms with Gasteiger partial charge in [0.1, 0.15) is 0 Å². The molecule has 1 saturated heterocycles. The van der Waals surface area contributed by atoms with Crippen LogP contribution in [-0.2, 0) is 22.7 Å². The number of carbonyl (C=O) groups is 2. The van der Waals surface area contributed by atoms with Gasteiger partial charge < -0.3 is 15.5 Å². The lowest BCUT2D eigenvalue weighted by atomic mass is 10.1. The van der Waals surface area contributed by atoms with Gasteiger partial charge in [-0.25, -0.2) is 0 Å². The zero-order valence-corrected chi connectivity index (χ0v) is 18.5. The molecule has 1 aliphatic rings. The summed E-state index contributed by atoms with van der Waals surface area (Å²) in [5.74, 6) is -0.148. The molecule has 6 nitrogen and oxygen atoms in total. The van der Waals surface area contributed by atoms with Crippen molar-refractivity contribution in [1.29, 1.82) is 0 Å². The summed E-state index contributed by atoms with van der Waals surface area (Å²) in [6.07, 6.45) is 1.36. The second kappa shape index (κ2) is 12.1. The van der Waals surface area contributed by atoms with Crippen LogP contribution in [0.4, 0.5) is 5.69 Å². The van der Waals surface area contributed by atoms with E-state index in [1.165, 1.54) is 11.3 Å². The maximum absolute atomic E-state index is 12.2. The molecule has 1 aliphatic heterocycles. The van der Waals surface area contributed by atoms with Crippen LogP contribution in [0.1, 0.15) is 37.3 Å². The molecule has 31 heavy (non-hydrogen) atoms. The average molecular weight is 423 g/mol. The van der Waals surface area contributed by atoms with Crippen molar-refractivity contribution in [2.45, 2.75) is 39.3 Å². The molecule has 2 amide bonds. The Hall–Kier alpha value is -2.86. The van der Waals surface area contributed by atoms with Crippen LogP contribution in [0, 0.1) is 0 Å². The van der Waals surface area contributed by atoms with Crippen LogP contribution < -0.4 is 15.5 Å². The van der Waals surface area contributed by atoms with Gasteiger partial charge in [-0.1, -0.05) is 49.4 Å². The summed E-state index contributed by atoms with van der Waals surface area (Å²) in [5, 5.41) is 5.77. The summed E-state index contributed by atoms with van der Waals surface area (Å²) in [6, 6.07) is 18.8. The van der Waals surface area contributed by atoms with E-state index in [0.29, 0.717) is 13.1 Å². The van der Waals surface area contributed by atoms with Gasteiger partial charge in [-0.2, -0.15) is 0 Å². The molecule has 0 bridgehead atoms. The number of amides is 2. The Morgan fingerprint density at radius 2 is 1.42 bits per heavy atom. The molecular formula is C25H34N4O2. The van der Waals surface area contributed by atoms with Gasteiger partial charge in [0.15, 0.2) is 0 Å². The standard InChI is InChI=1S/C25H34N4O2/c1-2-14-26-24(30)12-13-25(31)27-19-21-8-6-7-9-22(21)20-28-15-17-29(18-16-28)23-10-4-3-5-11-23/h3-11H,2,12-20H2,1H3,(H,26,30)(H,27,31). The van der Waals surface area contributed by atoms with Crippen molar-refractivity contribution in [3.05, 3.63) is 65.7 Å². The number of nitrogens with zero attached hydrogens (tertiary/aromatic N) is 2. The first-order valence-electron chi connectivity index (χ1n) is 11.3. The smallest absolute Gasteiger partial charge is 0.220 e. The third-order valence-corrected chi connectivity index (χ3v) is 5.63. The van der Waals surface area contributed by atoms with Crippen LogP contribution >= 0.6 is 0 Å². The van der Waals surface area contributed by atoms with Crippen molar-refractivity contribution in [2.24, 2.45) is 0 Å². The molecule has 2 aromatic carbocycles. The number of para-hydroxylation sites is 1. The van der Waals surface area contributed by atoms with E-state index < -0.39 is 0 Å². The van der Waals surface area contributed by atoms with Crippen LogP contribution in [0.25, 0.3) is 0 Å². The van der Waals surface area contributed by atoms with Gasteiger partial charge in [0.05, 0.1) is 0 Å². The zero-order chi connectivity index (χ0) is 21.9. The van der Waals surface area contributed by atoms with Crippen molar-refractivity contribution in [1.82, 2.24) is 15.5 Å². The predicted molar refractivity (Wildman–Crippen MR) is 125 cm³/mol. The first-order chi connectivity index (χ1) is 15.2. The van der Waals surface area contributed by atoms with E-state index in [-0.39, 0.29) is 24.7 Å². The Bertz CT molecular complexity index is 832. The first kappa shape index (κ1) is 22.8. The lowest BCUT2D eigenvalue weighted by molar-refractivity contribution is -0.126. The molecule has 0 radical (unpaired) electrons. The molecule has 0 atom stereocenters. The fourth-order valence-electron chi connectivity index (χ4n) is 3.79. The largest absolute Gasteiger partial charge is 0.369 e. The third-order valence-electron chi connectivity index (χ3n) is 5.63. The molecule has 6 heteroatoms. The predicted octanol–water partition coefficient (Wildman–Crippen LogP) is 2.93. The first-order valence-corrected chi connectivity index (χ1v) is 11.3. The summed E-state index contributed by atoms with van der Waals surface area (Å²) in [6.45, 7) is 8.11. The fraction of sp³-hybridized carbons (Fsp3) is 0.440. The van der Waals surface area contributed by atoms with Gasteiger partial charge in [-0.05, 0) is 29.7 Å². The monoisotopic (exact) mass is 422 g/mol. The molecule has 0 spiro atoms. The van der Waals surface area contributed by atoms with E-state index in [1.807, 2.05) is 13.0 Å². The van der Waals surface area contributed by atoms with Crippen molar-refractivity contribution in [3.63, 3.8) is 0 Å². The molecule has 0 unspecified atom stereocenters. The van der Waals surface area contributed by atoms with Gasteiger partial charge in [0, 0.05) is 64.3 Å². The van der Waals surface area contributed by atoms with E-state index in [1.54, 1.807) is 0 Å². The molecule has 3 rings (SSSR count). The third kappa shape index (κ3) is 7.40. The van der Waals surface area contributed by atoms with Gasteiger partial charge in [0.25, 0.3) is 0 Å². The Morgan fingerprint density at radius 1 is 0.806 bits per heavy atom. The number of benzene rings is 2. The summed E-state index contributed by atoms with van der Waals surface area (Å²) in [5.41, 5.74) is 3.67. The van der Waals surface area contributed by atoms with Crippen LogP contribution in [0.3, 0.4) is 0 Å². The highest BCUT2D eigenvalue weighted by atomic mass is 16.2. The minimum Gasteiger partial charge on any atom is -0.369 e. The average Bonchev–Trinajstić information content (AvgIpc) is 2.82. The lowest BCUT2D eigenvalue weighted by Crippen LogP contribution is -2.46. The van der Waals surface area contributed by atoms with Gasteiger partial charge in [-0.15, -0.1) is 0 Å². The maximum atomic E-state index is 12.2. The van der Waals surface area contributed by atoms with Gasteiger partial charge in [-0.3, -0.25) is 14.5 Å². The second-order valence-corrected chi connectivity index (χ2v) is 7.99. The van der Waals surface area contributed by atoms with Gasteiger partial charge >= 0.3 is 0 Å².